The van der Waals surface area contributed by atoms with Crippen LogP contribution in [0.5, 0.6) is 0 Å². The van der Waals surface area contributed by atoms with Crippen molar-refractivity contribution >= 4 is 44.9 Å². The molecule has 178 valence electrons. The maximum atomic E-state index is 9.67. The van der Waals surface area contributed by atoms with Gasteiger partial charge in [0.1, 0.15) is 5.69 Å². The number of H-pyrrole nitrogens is 1. The second kappa shape index (κ2) is 8.92. The molecule has 0 atom stereocenters. The van der Waals surface area contributed by atoms with Crippen LogP contribution in [-0.2, 0) is 6.54 Å². The number of fused-ring (bicyclic) bond motifs is 2. The van der Waals surface area contributed by atoms with E-state index < -0.39 is 0 Å². The molecule has 5 aromatic rings. The topological polar surface area (TPSA) is 89.6 Å². The number of aromatic amines is 1. The maximum absolute atomic E-state index is 9.67. The zero-order valence-electron chi connectivity index (χ0n) is 19.3. The van der Waals surface area contributed by atoms with Crippen LogP contribution in [0.2, 0.25) is 5.02 Å². The van der Waals surface area contributed by atoms with Crippen LogP contribution < -0.4 is 16.0 Å². The molecule has 3 aromatic carbocycles. The number of hydrogen-bond acceptors (Lipinski definition) is 3. The highest BCUT2D eigenvalue weighted by Crippen LogP contribution is 2.32. The number of para-hydroxylation sites is 2. The van der Waals surface area contributed by atoms with Crippen LogP contribution in [0.3, 0.4) is 0 Å². The van der Waals surface area contributed by atoms with E-state index in [1.54, 1.807) is 6.07 Å². The Kier molecular flexibility index (Phi) is 5.60. The van der Waals surface area contributed by atoms with Crippen molar-refractivity contribution in [3.63, 3.8) is 0 Å². The van der Waals surface area contributed by atoms with Crippen LogP contribution >= 0.6 is 11.6 Å². The SMILES string of the molecule is N=c1n(Cc2cccc3[nH]ccc23)c2ccccc2n1C1CCN(c2cc(Cl)ccc2[NH2+]O)CC1. The number of aromatic nitrogens is 3. The van der Waals surface area contributed by atoms with E-state index in [4.69, 9.17) is 11.6 Å². The molecule has 7 nitrogen and oxygen atoms in total. The number of piperidine rings is 1. The highest BCUT2D eigenvalue weighted by atomic mass is 35.5. The minimum Gasteiger partial charge on any atom is -0.366 e. The number of imidazole rings is 1. The minimum absolute atomic E-state index is 0.230. The molecule has 0 unspecified atom stereocenters. The molecular formula is C27H28ClN6O+. The van der Waals surface area contributed by atoms with Crippen LogP contribution in [-0.4, -0.2) is 32.4 Å². The largest absolute Gasteiger partial charge is 0.366 e. The van der Waals surface area contributed by atoms with Crippen molar-refractivity contribution < 1.29 is 10.7 Å². The van der Waals surface area contributed by atoms with E-state index in [0.717, 1.165) is 59.3 Å². The van der Waals surface area contributed by atoms with E-state index in [0.29, 0.717) is 17.2 Å². The number of nitrogens with one attached hydrogen (secondary N) is 2. The Morgan fingerprint density at radius 2 is 1.80 bits per heavy atom. The Morgan fingerprint density at radius 3 is 2.60 bits per heavy atom. The standard InChI is InChI=1S/C27H27ClN6O/c28-19-8-9-23(31-35)26(16-19)32-14-11-20(12-15-32)34-25-7-2-1-6-24(25)33(27(34)29)17-18-4-3-5-22-21(18)10-13-30-22/h1-10,13,16,20,29-31,35H,11-12,14-15,17H2/p+1. The second-order valence-corrected chi connectivity index (χ2v) is 9.61. The molecule has 0 bridgehead atoms. The summed E-state index contributed by atoms with van der Waals surface area (Å²) in [6.07, 6.45) is 3.79. The lowest BCUT2D eigenvalue weighted by molar-refractivity contribution is -0.825. The number of anilines is 1. The van der Waals surface area contributed by atoms with Crippen molar-refractivity contribution in [3.8, 4) is 0 Å². The molecule has 6 rings (SSSR count). The number of halogens is 1. The zero-order chi connectivity index (χ0) is 23.9. The maximum Gasteiger partial charge on any atom is 0.203 e. The normalized spacial score (nSPS) is 14.9. The minimum atomic E-state index is 0.230. The Morgan fingerprint density at radius 1 is 1.00 bits per heavy atom. The molecule has 0 saturated carbocycles. The summed E-state index contributed by atoms with van der Waals surface area (Å²) in [6, 6.07) is 22.6. The average Bonchev–Trinajstić information content (AvgIpc) is 3.48. The molecular weight excluding hydrogens is 460 g/mol. The van der Waals surface area contributed by atoms with Gasteiger partial charge in [-0.05, 0) is 54.8 Å². The quantitative estimate of drug-likeness (QED) is 0.217. The Hall–Kier alpha value is -3.52. The van der Waals surface area contributed by atoms with E-state index in [2.05, 4.69) is 61.5 Å². The summed E-state index contributed by atoms with van der Waals surface area (Å²) in [4.78, 5) is 5.57. The van der Waals surface area contributed by atoms with Crippen molar-refractivity contribution in [3.05, 3.63) is 89.1 Å². The third kappa shape index (κ3) is 3.82. The van der Waals surface area contributed by atoms with Crippen molar-refractivity contribution in [2.45, 2.75) is 25.4 Å². The molecule has 1 fully saturated rings. The van der Waals surface area contributed by atoms with Crippen LogP contribution in [0.4, 0.5) is 11.4 Å². The van der Waals surface area contributed by atoms with Gasteiger partial charge in [-0.2, -0.15) is 5.48 Å². The van der Waals surface area contributed by atoms with Crippen molar-refractivity contribution in [1.82, 2.24) is 14.1 Å². The summed E-state index contributed by atoms with van der Waals surface area (Å²) in [5, 5.41) is 20.7. The van der Waals surface area contributed by atoms with Gasteiger partial charge < -0.3 is 19.0 Å². The van der Waals surface area contributed by atoms with Gasteiger partial charge in [-0.3, -0.25) is 5.41 Å². The van der Waals surface area contributed by atoms with E-state index in [1.165, 1.54) is 10.9 Å². The lowest BCUT2D eigenvalue weighted by Crippen LogP contribution is -2.74. The van der Waals surface area contributed by atoms with Gasteiger partial charge in [-0.25, -0.2) is 5.21 Å². The molecule has 1 aliphatic heterocycles. The first-order valence-corrected chi connectivity index (χ1v) is 12.3. The van der Waals surface area contributed by atoms with Gasteiger partial charge in [-0.1, -0.05) is 35.9 Å². The number of rotatable bonds is 5. The fourth-order valence-corrected chi connectivity index (χ4v) is 5.67. The Labute approximate surface area is 207 Å². The van der Waals surface area contributed by atoms with Crippen LogP contribution in [0, 0.1) is 5.41 Å². The van der Waals surface area contributed by atoms with E-state index in [-0.39, 0.29) is 6.04 Å². The second-order valence-electron chi connectivity index (χ2n) is 9.17. The van der Waals surface area contributed by atoms with E-state index in [9.17, 15) is 10.6 Å². The first kappa shape index (κ1) is 22.0. The summed E-state index contributed by atoms with van der Waals surface area (Å²) in [5.74, 6) is 0. The molecule has 35 heavy (non-hydrogen) atoms. The number of hydrogen-bond donors (Lipinski definition) is 4. The summed E-state index contributed by atoms with van der Waals surface area (Å²) in [7, 11) is 0. The molecule has 8 heteroatoms. The molecule has 1 saturated heterocycles. The lowest BCUT2D eigenvalue weighted by atomic mass is 10.0. The van der Waals surface area contributed by atoms with E-state index in [1.807, 2.05) is 24.4 Å². The molecule has 1 aliphatic rings. The number of benzene rings is 3. The number of quaternary nitrogens is 1. The highest BCUT2D eigenvalue weighted by Gasteiger charge is 2.26. The van der Waals surface area contributed by atoms with Crippen LogP contribution in [0.15, 0.2) is 72.9 Å². The molecule has 2 aromatic heterocycles. The third-order valence-electron chi connectivity index (χ3n) is 7.23. The molecule has 3 heterocycles. The summed E-state index contributed by atoms with van der Waals surface area (Å²) >= 11 is 6.25. The van der Waals surface area contributed by atoms with Gasteiger partial charge >= 0.3 is 0 Å². The van der Waals surface area contributed by atoms with Gasteiger partial charge in [0, 0.05) is 47.3 Å². The van der Waals surface area contributed by atoms with Gasteiger partial charge in [0.2, 0.25) is 5.62 Å². The first-order chi connectivity index (χ1) is 17.1. The van der Waals surface area contributed by atoms with Crippen molar-refractivity contribution in [2.24, 2.45) is 0 Å². The Balaban J connectivity index is 1.33. The lowest BCUT2D eigenvalue weighted by Gasteiger charge is -2.34. The third-order valence-corrected chi connectivity index (χ3v) is 7.47. The van der Waals surface area contributed by atoms with Crippen molar-refractivity contribution in [1.29, 1.82) is 5.41 Å². The van der Waals surface area contributed by atoms with Gasteiger partial charge in [-0.15, -0.1) is 0 Å². The van der Waals surface area contributed by atoms with E-state index >= 15 is 0 Å². The molecule has 0 aliphatic carbocycles. The predicted molar refractivity (Wildman–Crippen MR) is 138 cm³/mol. The fourth-order valence-electron chi connectivity index (χ4n) is 5.51. The smallest absolute Gasteiger partial charge is 0.203 e. The number of nitrogens with zero attached hydrogens (tertiary/aromatic N) is 3. The first-order valence-electron chi connectivity index (χ1n) is 12.0. The Bertz CT molecular complexity index is 1570. The molecule has 0 spiro atoms. The number of nitrogens with two attached hydrogens (primary N) is 1. The highest BCUT2D eigenvalue weighted by molar-refractivity contribution is 6.31. The monoisotopic (exact) mass is 487 g/mol. The van der Waals surface area contributed by atoms with Crippen molar-refractivity contribution in [2.75, 3.05) is 18.0 Å². The summed E-state index contributed by atoms with van der Waals surface area (Å²) in [5.41, 5.74) is 7.91. The van der Waals surface area contributed by atoms with Gasteiger partial charge in [0.05, 0.1) is 17.6 Å². The average molecular weight is 488 g/mol. The zero-order valence-corrected chi connectivity index (χ0v) is 20.0. The van der Waals surface area contributed by atoms with Gasteiger partial charge in [0.25, 0.3) is 0 Å². The van der Waals surface area contributed by atoms with Crippen LogP contribution in [0.1, 0.15) is 24.4 Å². The van der Waals surface area contributed by atoms with Crippen LogP contribution in [0.25, 0.3) is 21.9 Å². The summed E-state index contributed by atoms with van der Waals surface area (Å²) in [6.45, 7) is 2.32. The van der Waals surface area contributed by atoms with Gasteiger partial charge in [0.15, 0.2) is 5.69 Å². The fraction of sp³-hybridized carbons (Fsp3) is 0.222. The summed E-state index contributed by atoms with van der Waals surface area (Å²) < 4.78 is 4.33. The predicted octanol–water partition coefficient (Wildman–Crippen LogP) is 4.53. The molecule has 0 radical (unpaired) electrons. The molecule has 5 N–H and O–H groups in total. The molecule has 0 amide bonds.